The lowest BCUT2D eigenvalue weighted by molar-refractivity contribution is -0.384. The van der Waals surface area contributed by atoms with Gasteiger partial charge in [-0.15, -0.1) is 0 Å². The monoisotopic (exact) mass is 307 g/mol. The summed E-state index contributed by atoms with van der Waals surface area (Å²) in [6.07, 6.45) is 0. The fraction of sp³-hybridized carbons (Fsp3) is 0.300. The van der Waals surface area contributed by atoms with Crippen LogP contribution in [0.5, 0.6) is 5.75 Å². The van der Waals surface area contributed by atoms with Crippen LogP contribution in [0.1, 0.15) is 6.92 Å². The lowest BCUT2D eigenvalue weighted by atomic mass is 10.1. The molecule has 7 nitrogen and oxygen atoms in total. The third kappa shape index (κ3) is 3.69. The minimum Gasteiger partial charge on any atom is -0.488 e. The number of carbonyl (C=O) groups is 1. The van der Waals surface area contributed by atoms with Gasteiger partial charge in [0.25, 0.3) is 5.69 Å². The molecule has 0 saturated heterocycles. The van der Waals surface area contributed by atoms with E-state index in [9.17, 15) is 14.9 Å². The molecule has 0 radical (unpaired) electrons. The third-order valence-corrected chi connectivity index (χ3v) is 2.83. The molecule has 4 N–H and O–H groups in total. The summed E-state index contributed by atoms with van der Waals surface area (Å²) in [5, 5.41) is 10.5. The highest BCUT2D eigenvalue weighted by Gasteiger charge is 2.28. The van der Waals surface area contributed by atoms with Crippen LogP contribution in [0.15, 0.2) is 12.1 Å². The Bertz CT molecular complexity index is 511. The molecule has 0 heterocycles. The lowest BCUT2D eigenvalue weighted by Gasteiger charge is -2.21. The number of carbonyl (C=O) groups excluding carboxylic acids is 1. The Morgan fingerprint density at radius 1 is 1.47 bits per heavy atom. The van der Waals surface area contributed by atoms with E-state index in [0.717, 1.165) is 12.1 Å². The number of ether oxygens (including phenoxy) is 1. The van der Waals surface area contributed by atoms with Gasteiger partial charge in [-0.2, -0.15) is 0 Å². The van der Waals surface area contributed by atoms with Crippen LogP contribution in [0.3, 0.4) is 0 Å². The van der Waals surface area contributed by atoms with E-state index in [1.807, 2.05) is 0 Å². The number of nitro benzene ring substituents is 1. The van der Waals surface area contributed by atoms with Gasteiger partial charge in [0, 0.05) is 12.1 Å². The van der Waals surface area contributed by atoms with Gasteiger partial charge in [-0.1, -0.05) is 23.2 Å². The predicted molar refractivity (Wildman–Crippen MR) is 70.4 cm³/mol. The molecule has 0 saturated carbocycles. The Kier molecular flexibility index (Phi) is 4.56. The van der Waals surface area contributed by atoms with Gasteiger partial charge in [0.05, 0.1) is 15.0 Å². The van der Waals surface area contributed by atoms with E-state index in [4.69, 9.17) is 39.4 Å². The van der Waals surface area contributed by atoms with Crippen LogP contribution in [0, 0.1) is 10.1 Å². The molecular weight excluding hydrogens is 297 g/mol. The molecule has 0 aliphatic carbocycles. The van der Waals surface area contributed by atoms with E-state index >= 15 is 0 Å². The maximum Gasteiger partial charge on any atom is 0.272 e. The number of benzene rings is 1. The van der Waals surface area contributed by atoms with Crippen molar-refractivity contribution in [3.05, 3.63) is 32.3 Å². The highest BCUT2D eigenvalue weighted by atomic mass is 35.5. The second-order valence-electron chi connectivity index (χ2n) is 4.07. The van der Waals surface area contributed by atoms with Gasteiger partial charge in [-0.25, -0.2) is 0 Å². The molecule has 0 aliphatic rings. The summed E-state index contributed by atoms with van der Waals surface area (Å²) < 4.78 is 5.22. The molecule has 9 heteroatoms. The van der Waals surface area contributed by atoms with Gasteiger partial charge in [0.2, 0.25) is 5.91 Å². The van der Waals surface area contributed by atoms with Gasteiger partial charge >= 0.3 is 0 Å². The number of nitro groups is 1. The quantitative estimate of drug-likeness (QED) is 0.630. The zero-order valence-electron chi connectivity index (χ0n) is 9.85. The van der Waals surface area contributed by atoms with Gasteiger partial charge in [-0.3, -0.25) is 14.9 Å². The molecule has 104 valence electrons. The van der Waals surface area contributed by atoms with Gasteiger partial charge in [0.1, 0.15) is 12.1 Å². The Morgan fingerprint density at radius 3 is 2.32 bits per heavy atom. The minimum absolute atomic E-state index is 0.00635. The molecule has 1 unspecified atom stereocenters. The fourth-order valence-electron chi connectivity index (χ4n) is 1.08. The van der Waals surface area contributed by atoms with Gasteiger partial charge in [-0.05, 0) is 6.92 Å². The van der Waals surface area contributed by atoms with Crippen molar-refractivity contribution in [1.29, 1.82) is 0 Å². The molecule has 19 heavy (non-hydrogen) atoms. The minimum atomic E-state index is -1.41. The third-order valence-electron chi connectivity index (χ3n) is 2.27. The first-order valence-corrected chi connectivity index (χ1v) is 5.76. The first kappa shape index (κ1) is 15.5. The van der Waals surface area contributed by atoms with Crippen LogP contribution in [0.25, 0.3) is 0 Å². The predicted octanol–water partition coefficient (Wildman–Crippen LogP) is 1.48. The smallest absolute Gasteiger partial charge is 0.272 e. The van der Waals surface area contributed by atoms with Crippen molar-refractivity contribution in [2.45, 2.75) is 12.5 Å². The summed E-state index contributed by atoms with van der Waals surface area (Å²) in [6.45, 7) is 1.11. The van der Waals surface area contributed by atoms with Crippen molar-refractivity contribution in [3.63, 3.8) is 0 Å². The largest absolute Gasteiger partial charge is 0.488 e. The van der Waals surface area contributed by atoms with Crippen LogP contribution in [0.2, 0.25) is 10.0 Å². The van der Waals surface area contributed by atoms with Crippen molar-refractivity contribution in [3.8, 4) is 5.75 Å². The molecule has 0 spiro atoms. The number of nitrogens with two attached hydrogens (primary N) is 2. The molecule has 0 aliphatic heterocycles. The Balaban J connectivity index is 2.97. The van der Waals surface area contributed by atoms with Crippen LogP contribution in [0.4, 0.5) is 5.69 Å². The van der Waals surface area contributed by atoms with Crippen molar-refractivity contribution < 1.29 is 14.5 Å². The summed E-state index contributed by atoms with van der Waals surface area (Å²) >= 11 is 11.6. The zero-order chi connectivity index (χ0) is 14.8. The number of halogens is 2. The SMILES string of the molecule is CC(N)(COc1c(Cl)cc([N+](=O)[O-])cc1Cl)C(N)=O. The number of rotatable bonds is 5. The molecule has 0 fully saturated rings. The maximum absolute atomic E-state index is 11.0. The average molecular weight is 308 g/mol. The number of non-ortho nitro benzene ring substituents is 1. The Hall–Kier alpha value is -1.57. The average Bonchev–Trinajstić information content (AvgIpc) is 2.27. The summed E-state index contributed by atoms with van der Waals surface area (Å²) in [5.74, 6) is -0.756. The highest BCUT2D eigenvalue weighted by molar-refractivity contribution is 6.37. The number of amides is 1. The van der Waals surface area contributed by atoms with Crippen molar-refractivity contribution in [2.75, 3.05) is 6.61 Å². The highest BCUT2D eigenvalue weighted by Crippen LogP contribution is 2.36. The zero-order valence-corrected chi connectivity index (χ0v) is 11.4. The van der Waals surface area contributed by atoms with E-state index in [0.29, 0.717) is 0 Å². The molecule has 1 amide bonds. The van der Waals surface area contributed by atoms with Gasteiger partial charge in [0.15, 0.2) is 5.75 Å². The molecule has 1 atom stereocenters. The number of nitrogens with zero attached hydrogens (tertiary/aromatic N) is 1. The summed E-state index contributed by atoms with van der Waals surface area (Å²) in [7, 11) is 0. The standard InChI is InChI=1S/C10H11Cl2N3O4/c1-10(14,9(13)16)4-19-8-6(11)2-5(15(17)18)3-7(8)12/h2-3H,4,14H2,1H3,(H2,13,16). The van der Waals surface area contributed by atoms with Gasteiger partial charge < -0.3 is 16.2 Å². The molecule has 0 aromatic heterocycles. The second kappa shape index (κ2) is 5.60. The van der Waals surface area contributed by atoms with Crippen LogP contribution in [-0.2, 0) is 4.79 Å². The lowest BCUT2D eigenvalue weighted by Crippen LogP contribution is -2.53. The van der Waals surface area contributed by atoms with E-state index in [2.05, 4.69) is 0 Å². The van der Waals surface area contributed by atoms with E-state index in [1.54, 1.807) is 0 Å². The Labute approximate surface area is 118 Å². The van der Waals surface area contributed by atoms with E-state index < -0.39 is 16.4 Å². The van der Waals surface area contributed by atoms with Crippen LogP contribution < -0.4 is 16.2 Å². The second-order valence-corrected chi connectivity index (χ2v) is 4.88. The van der Waals surface area contributed by atoms with E-state index in [1.165, 1.54) is 6.92 Å². The molecular formula is C10H11Cl2N3O4. The van der Waals surface area contributed by atoms with Crippen molar-refractivity contribution in [2.24, 2.45) is 11.5 Å². The number of primary amides is 1. The first-order valence-electron chi connectivity index (χ1n) is 5.00. The topological polar surface area (TPSA) is 121 Å². The number of hydrogen-bond acceptors (Lipinski definition) is 5. The maximum atomic E-state index is 11.0. The Morgan fingerprint density at radius 2 is 1.95 bits per heavy atom. The summed E-state index contributed by atoms with van der Waals surface area (Å²) in [5.41, 5.74) is 8.99. The molecule has 1 aromatic carbocycles. The normalized spacial score (nSPS) is 13.7. The van der Waals surface area contributed by atoms with Crippen molar-refractivity contribution >= 4 is 34.8 Å². The van der Waals surface area contributed by atoms with Crippen LogP contribution in [-0.4, -0.2) is 23.0 Å². The van der Waals surface area contributed by atoms with Crippen molar-refractivity contribution in [1.82, 2.24) is 0 Å². The molecule has 0 bridgehead atoms. The molecule has 1 aromatic rings. The van der Waals surface area contributed by atoms with E-state index in [-0.39, 0.29) is 28.1 Å². The molecule has 1 rings (SSSR count). The summed E-state index contributed by atoms with van der Waals surface area (Å²) in [6, 6.07) is 2.17. The van der Waals surface area contributed by atoms with Crippen LogP contribution >= 0.6 is 23.2 Å². The number of hydrogen-bond donors (Lipinski definition) is 2. The summed E-state index contributed by atoms with van der Waals surface area (Å²) in [4.78, 5) is 21.0. The first-order chi connectivity index (χ1) is 8.65. The fourth-order valence-corrected chi connectivity index (χ4v) is 1.67.